The van der Waals surface area contributed by atoms with E-state index in [9.17, 15) is 0 Å². The first-order valence-electron chi connectivity index (χ1n) is 8.28. The number of ether oxygens (including phenoxy) is 2. The Kier molecular flexibility index (Phi) is 9.37. The van der Waals surface area contributed by atoms with Crippen molar-refractivity contribution in [3.8, 4) is 82.5 Å². The van der Waals surface area contributed by atoms with E-state index in [4.69, 9.17) is 15.9 Å². The Morgan fingerprint density at radius 2 is 1.55 bits per heavy atom. The van der Waals surface area contributed by atoms with Crippen molar-refractivity contribution < 1.29 is 9.47 Å². The van der Waals surface area contributed by atoms with Gasteiger partial charge in [0.1, 0.15) is 17.6 Å². The summed E-state index contributed by atoms with van der Waals surface area (Å²) in [6.07, 6.45) is 7.53. The van der Waals surface area contributed by atoms with Crippen LogP contribution in [0.5, 0.6) is 11.5 Å². The summed E-state index contributed by atoms with van der Waals surface area (Å²) in [7, 11) is 1.67. The maximum Gasteiger partial charge on any atom is 0.140 e. The highest BCUT2D eigenvalue weighted by Crippen LogP contribution is 2.34. The van der Waals surface area contributed by atoms with Crippen molar-refractivity contribution in [2.24, 2.45) is 0 Å². The predicted octanol–water partition coefficient (Wildman–Crippen LogP) is 5.14. The number of hydrogen-bond donors (Lipinski definition) is 0. The van der Waals surface area contributed by atoms with Crippen LogP contribution in [0.15, 0.2) is 36.4 Å². The predicted molar refractivity (Wildman–Crippen MR) is 124 cm³/mol. The number of alkyl halides is 2. The van der Waals surface area contributed by atoms with Gasteiger partial charge in [-0.15, -0.1) is 6.42 Å². The summed E-state index contributed by atoms with van der Waals surface area (Å²) >= 11 is 7.07. The molecule has 2 aromatic rings. The molecule has 0 fully saturated rings. The Balaban J connectivity index is 2.23. The topological polar surface area (TPSA) is 18.5 Å². The smallest absolute Gasteiger partial charge is 0.140 e. The van der Waals surface area contributed by atoms with Crippen LogP contribution in [0.25, 0.3) is 11.1 Å². The molecule has 0 amide bonds. The van der Waals surface area contributed by atoms with Gasteiger partial charge in [0.2, 0.25) is 0 Å². The van der Waals surface area contributed by atoms with Crippen molar-refractivity contribution in [1.29, 1.82) is 0 Å². The Hall–Kier alpha value is -3.20. The Morgan fingerprint density at radius 1 is 0.862 bits per heavy atom. The standard InChI is InChI=1S/C25H14Br2O2/c1-3-4-5-6-7-8-9-10-14-29-23-13-11-12-20(15-23)24-16-22(19-27)25(28-2)17-21(24)18-26/h1,11-13,15-17H,18-19H2,2H3. The number of terminal acetylenes is 1. The third-order valence-corrected chi connectivity index (χ3v) is 4.81. The highest BCUT2D eigenvalue weighted by Gasteiger charge is 2.11. The minimum absolute atomic E-state index is 0.625. The molecule has 0 N–H and O–H groups in total. The summed E-state index contributed by atoms with van der Waals surface area (Å²) in [6, 6.07) is 11.9. The molecule has 0 atom stereocenters. The van der Waals surface area contributed by atoms with Crippen LogP contribution in [-0.2, 0) is 10.7 Å². The van der Waals surface area contributed by atoms with E-state index in [-0.39, 0.29) is 0 Å². The number of halogens is 2. The van der Waals surface area contributed by atoms with E-state index in [1.807, 2.05) is 30.3 Å². The summed E-state index contributed by atoms with van der Waals surface area (Å²) in [5.41, 5.74) is 4.31. The van der Waals surface area contributed by atoms with Gasteiger partial charge in [-0.3, -0.25) is 0 Å². The highest BCUT2D eigenvalue weighted by atomic mass is 79.9. The molecule has 0 aliphatic rings. The van der Waals surface area contributed by atoms with E-state index in [2.05, 4.69) is 91.4 Å². The summed E-state index contributed by atoms with van der Waals surface area (Å²) < 4.78 is 10.9. The molecule has 2 nitrogen and oxygen atoms in total. The van der Waals surface area contributed by atoms with Gasteiger partial charge >= 0.3 is 0 Å². The summed E-state index contributed by atoms with van der Waals surface area (Å²) in [5, 5.41) is 1.40. The van der Waals surface area contributed by atoms with Gasteiger partial charge in [-0.2, -0.15) is 0 Å². The zero-order chi connectivity index (χ0) is 20.9. The van der Waals surface area contributed by atoms with E-state index in [0.29, 0.717) is 16.4 Å². The Morgan fingerprint density at radius 3 is 2.21 bits per heavy atom. The minimum Gasteiger partial charge on any atom is -0.496 e. The van der Waals surface area contributed by atoms with Crippen molar-refractivity contribution in [1.82, 2.24) is 0 Å². The third-order valence-electron chi connectivity index (χ3n) is 3.61. The fourth-order valence-corrected chi connectivity index (χ4v) is 3.27. The molecule has 0 aliphatic carbocycles. The zero-order valence-corrected chi connectivity index (χ0v) is 18.7. The van der Waals surface area contributed by atoms with Gasteiger partial charge in [0.05, 0.1) is 7.11 Å². The molecule has 2 rings (SSSR count). The molecular formula is C25H14Br2O2. The highest BCUT2D eigenvalue weighted by molar-refractivity contribution is 9.08. The van der Waals surface area contributed by atoms with Gasteiger partial charge < -0.3 is 9.47 Å². The number of methoxy groups -OCH3 is 1. The Labute approximate surface area is 188 Å². The van der Waals surface area contributed by atoms with Crippen molar-refractivity contribution in [2.75, 3.05) is 7.11 Å². The van der Waals surface area contributed by atoms with Crippen LogP contribution >= 0.6 is 31.9 Å². The minimum atomic E-state index is 0.625. The first-order valence-corrected chi connectivity index (χ1v) is 10.5. The van der Waals surface area contributed by atoms with E-state index >= 15 is 0 Å². The molecule has 0 saturated heterocycles. The molecule has 0 saturated carbocycles. The Bertz CT molecular complexity index is 1170. The fourth-order valence-electron chi connectivity index (χ4n) is 2.37. The molecule has 0 heterocycles. The largest absolute Gasteiger partial charge is 0.496 e. The average Bonchev–Trinajstić information content (AvgIpc) is 2.77. The molecule has 2 aromatic carbocycles. The van der Waals surface area contributed by atoms with Crippen molar-refractivity contribution in [2.45, 2.75) is 10.7 Å². The molecule has 29 heavy (non-hydrogen) atoms. The second kappa shape index (κ2) is 12.3. The van der Waals surface area contributed by atoms with Crippen molar-refractivity contribution >= 4 is 31.9 Å². The van der Waals surface area contributed by atoms with Crippen LogP contribution in [0.3, 0.4) is 0 Å². The van der Waals surface area contributed by atoms with Gasteiger partial charge in [-0.05, 0) is 64.6 Å². The number of benzene rings is 2. The monoisotopic (exact) mass is 504 g/mol. The average molecular weight is 506 g/mol. The van der Waals surface area contributed by atoms with Crippen LogP contribution in [0.2, 0.25) is 0 Å². The third kappa shape index (κ3) is 6.72. The van der Waals surface area contributed by atoms with E-state index < -0.39 is 0 Å². The maximum absolute atomic E-state index is 5.48. The maximum atomic E-state index is 5.48. The van der Waals surface area contributed by atoms with Gasteiger partial charge in [-0.1, -0.05) is 44.0 Å². The quantitative estimate of drug-likeness (QED) is 0.414. The van der Waals surface area contributed by atoms with Gasteiger partial charge in [0, 0.05) is 39.9 Å². The molecule has 0 spiro atoms. The molecule has 0 aliphatic heterocycles. The summed E-state index contributed by atoms with van der Waals surface area (Å²) in [6.45, 7) is 0. The van der Waals surface area contributed by atoms with Crippen LogP contribution < -0.4 is 9.47 Å². The van der Waals surface area contributed by atoms with Crippen molar-refractivity contribution in [3.05, 3.63) is 47.5 Å². The molecule has 0 unspecified atom stereocenters. The molecule has 0 bridgehead atoms. The lowest BCUT2D eigenvalue weighted by atomic mass is 9.97. The van der Waals surface area contributed by atoms with E-state index in [1.165, 1.54) is 0 Å². The number of hydrogen-bond acceptors (Lipinski definition) is 2. The molecular weight excluding hydrogens is 492 g/mol. The lowest BCUT2D eigenvalue weighted by Gasteiger charge is -2.14. The molecule has 0 radical (unpaired) electrons. The van der Waals surface area contributed by atoms with Crippen LogP contribution in [0.4, 0.5) is 0 Å². The second-order valence-electron chi connectivity index (χ2n) is 5.34. The lowest BCUT2D eigenvalue weighted by Crippen LogP contribution is -1.95. The SMILES string of the molecule is C#CC#CC#CC#CC#COc1cccc(-c2cc(CBr)c(OC)cc2CBr)c1. The number of rotatable bonds is 5. The fraction of sp³-hybridized carbons (Fsp3) is 0.120. The van der Waals surface area contributed by atoms with Crippen LogP contribution in [0, 0.1) is 59.9 Å². The van der Waals surface area contributed by atoms with Gasteiger partial charge in [0.15, 0.2) is 0 Å². The van der Waals surface area contributed by atoms with E-state index in [0.717, 1.165) is 28.0 Å². The first kappa shape index (κ1) is 22.1. The summed E-state index contributed by atoms with van der Waals surface area (Å²) in [4.78, 5) is 0. The first-order chi connectivity index (χ1) is 14.2. The normalized spacial score (nSPS) is 8.34. The van der Waals surface area contributed by atoms with Crippen LogP contribution in [-0.4, -0.2) is 7.11 Å². The van der Waals surface area contributed by atoms with Gasteiger partial charge in [0.25, 0.3) is 0 Å². The second-order valence-corrected chi connectivity index (χ2v) is 6.46. The molecule has 4 heteroatoms. The summed E-state index contributed by atoms with van der Waals surface area (Å²) in [5.74, 6) is 21.2. The lowest BCUT2D eigenvalue weighted by molar-refractivity contribution is 0.411. The van der Waals surface area contributed by atoms with Gasteiger partial charge in [-0.25, -0.2) is 0 Å². The molecule has 0 aromatic heterocycles. The van der Waals surface area contributed by atoms with Crippen molar-refractivity contribution in [3.63, 3.8) is 0 Å². The van der Waals surface area contributed by atoms with Crippen LogP contribution in [0.1, 0.15) is 11.1 Å². The molecule has 140 valence electrons. The van der Waals surface area contributed by atoms with E-state index in [1.54, 1.807) is 7.11 Å². The zero-order valence-electron chi connectivity index (χ0n) is 15.5.